The molecule has 1 aliphatic carbocycles. The third kappa shape index (κ3) is 2.16. The summed E-state index contributed by atoms with van der Waals surface area (Å²) < 4.78 is 0. The van der Waals surface area contributed by atoms with E-state index in [0.29, 0.717) is 0 Å². The van der Waals surface area contributed by atoms with E-state index in [2.05, 4.69) is 98.5 Å². The van der Waals surface area contributed by atoms with Crippen molar-refractivity contribution < 1.29 is 0 Å². The Morgan fingerprint density at radius 1 is 0.708 bits per heavy atom. The van der Waals surface area contributed by atoms with Crippen LogP contribution in [0, 0.1) is 0 Å². The Balaban J connectivity index is 1.84. The van der Waals surface area contributed by atoms with Crippen LogP contribution in [-0.2, 0) is 5.41 Å². The van der Waals surface area contributed by atoms with Crippen molar-refractivity contribution in [1.29, 1.82) is 0 Å². The van der Waals surface area contributed by atoms with Gasteiger partial charge in [-0.05, 0) is 53.4 Å². The second kappa shape index (κ2) is 5.52. The second-order valence-electron chi connectivity index (χ2n) is 6.98. The number of nitrogens with zero attached hydrogens (tertiary/aromatic N) is 1. The molecule has 0 spiro atoms. The fourth-order valence-electron chi connectivity index (χ4n) is 3.98. The molecular weight excluding hydrogens is 290 g/mol. The summed E-state index contributed by atoms with van der Waals surface area (Å²) in [7, 11) is 0. The monoisotopic (exact) mass is 313 g/mol. The normalized spacial score (nSPS) is 14.1. The minimum Gasteiger partial charge on any atom is -0.342 e. The van der Waals surface area contributed by atoms with Gasteiger partial charge in [0.05, 0.1) is 0 Å². The quantitative estimate of drug-likeness (QED) is 0.560. The highest BCUT2D eigenvalue weighted by molar-refractivity contribution is 5.83. The van der Waals surface area contributed by atoms with Crippen LogP contribution in [0.5, 0.6) is 0 Å². The Hall–Kier alpha value is -2.54. The number of para-hydroxylation sites is 1. The van der Waals surface area contributed by atoms with E-state index in [-0.39, 0.29) is 5.41 Å². The number of fused-ring (bicyclic) bond motifs is 3. The maximum absolute atomic E-state index is 2.38. The summed E-state index contributed by atoms with van der Waals surface area (Å²) in [6.07, 6.45) is 0. The third-order valence-electron chi connectivity index (χ3n) is 5.26. The Bertz CT molecular complexity index is 878. The van der Waals surface area contributed by atoms with Gasteiger partial charge in [-0.1, -0.05) is 62.4 Å². The molecule has 1 heteroatoms. The fraction of sp³-hybridized carbons (Fsp3) is 0.217. The van der Waals surface area contributed by atoms with Crippen molar-refractivity contribution in [1.82, 2.24) is 0 Å². The maximum atomic E-state index is 2.38. The van der Waals surface area contributed by atoms with Crippen LogP contribution in [0.1, 0.15) is 31.9 Å². The van der Waals surface area contributed by atoms with Crippen LogP contribution in [-0.4, -0.2) is 6.54 Å². The van der Waals surface area contributed by atoms with Crippen molar-refractivity contribution in [2.75, 3.05) is 11.4 Å². The number of rotatable bonds is 3. The third-order valence-corrected chi connectivity index (χ3v) is 5.26. The molecule has 4 rings (SSSR count). The van der Waals surface area contributed by atoms with E-state index in [1.165, 1.54) is 33.6 Å². The Morgan fingerprint density at radius 3 is 2.12 bits per heavy atom. The highest BCUT2D eigenvalue weighted by Crippen LogP contribution is 2.49. The average molecular weight is 313 g/mol. The predicted octanol–water partition coefficient (Wildman–Crippen LogP) is 6.15. The van der Waals surface area contributed by atoms with Gasteiger partial charge in [-0.2, -0.15) is 0 Å². The van der Waals surface area contributed by atoms with Crippen LogP contribution in [0.4, 0.5) is 11.4 Å². The van der Waals surface area contributed by atoms with Gasteiger partial charge in [0.25, 0.3) is 0 Å². The zero-order valence-corrected chi connectivity index (χ0v) is 14.6. The van der Waals surface area contributed by atoms with Crippen molar-refractivity contribution in [3.05, 3.63) is 83.9 Å². The van der Waals surface area contributed by atoms with Crippen LogP contribution in [0.15, 0.2) is 72.8 Å². The first kappa shape index (κ1) is 15.0. The summed E-state index contributed by atoms with van der Waals surface area (Å²) in [6.45, 7) is 7.83. The van der Waals surface area contributed by atoms with Crippen molar-refractivity contribution >= 4 is 11.4 Å². The van der Waals surface area contributed by atoms with Gasteiger partial charge in [0, 0.05) is 23.3 Å². The maximum Gasteiger partial charge on any atom is 0.0414 e. The molecule has 24 heavy (non-hydrogen) atoms. The van der Waals surface area contributed by atoms with Crippen LogP contribution >= 0.6 is 0 Å². The summed E-state index contributed by atoms with van der Waals surface area (Å²) in [5, 5.41) is 0. The molecule has 3 aromatic rings. The van der Waals surface area contributed by atoms with E-state index in [1.807, 2.05) is 0 Å². The van der Waals surface area contributed by atoms with Crippen LogP contribution in [0.25, 0.3) is 11.1 Å². The van der Waals surface area contributed by atoms with E-state index in [4.69, 9.17) is 0 Å². The molecule has 3 aromatic carbocycles. The molecule has 0 atom stereocenters. The summed E-state index contributed by atoms with van der Waals surface area (Å²) in [4.78, 5) is 2.37. The van der Waals surface area contributed by atoms with E-state index in [0.717, 1.165) is 6.54 Å². The van der Waals surface area contributed by atoms with Gasteiger partial charge < -0.3 is 4.90 Å². The van der Waals surface area contributed by atoms with Crippen molar-refractivity contribution in [2.45, 2.75) is 26.2 Å². The van der Waals surface area contributed by atoms with Gasteiger partial charge in [-0.3, -0.25) is 0 Å². The highest BCUT2D eigenvalue weighted by atomic mass is 15.1. The molecule has 0 heterocycles. The molecule has 0 unspecified atom stereocenters. The molecule has 0 aliphatic heterocycles. The molecule has 120 valence electrons. The molecule has 0 saturated heterocycles. The van der Waals surface area contributed by atoms with Gasteiger partial charge >= 0.3 is 0 Å². The van der Waals surface area contributed by atoms with Gasteiger partial charge in [-0.15, -0.1) is 0 Å². The zero-order chi connectivity index (χ0) is 16.7. The van der Waals surface area contributed by atoms with E-state index >= 15 is 0 Å². The van der Waals surface area contributed by atoms with Crippen LogP contribution in [0.2, 0.25) is 0 Å². The number of anilines is 2. The molecule has 1 nitrogen and oxygen atoms in total. The molecule has 0 N–H and O–H groups in total. The van der Waals surface area contributed by atoms with Crippen molar-refractivity contribution in [3.8, 4) is 11.1 Å². The predicted molar refractivity (Wildman–Crippen MR) is 103 cm³/mol. The van der Waals surface area contributed by atoms with Crippen LogP contribution < -0.4 is 4.90 Å². The van der Waals surface area contributed by atoms with Gasteiger partial charge in [0.15, 0.2) is 0 Å². The number of hydrogen-bond acceptors (Lipinski definition) is 1. The highest BCUT2D eigenvalue weighted by Gasteiger charge is 2.35. The minimum absolute atomic E-state index is 0.0536. The summed E-state index contributed by atoms with van der Waals surface area (Å²) in [6, 6.07) is 26.4. The Morgan fingerprint density at radius 2 is 1.38 bits per heavy atom. The molecule has 0 amide bonds. The molecule has 0 radical (unpaired) electrons. The standard InChI is InChI=1S/C23H23N/c1-4-24(17-10-6-5-7-11-17)18-14-15-20-19-12-8-9-13-21(19)23(2,3)22(20)16-18/h5-16H,4H2,1-3H3. The van der Waals surface area contributed by atoms with Gasteiger partial charge in [0.2, 0.25) is 0 Å². The largest absolute Gasteiger partial charge is 0.342 e. The number of hydrogen-bond donors (Lipinski definition) is 0. The lowest BCUT2D eigenvalue weighted by molar-refractivity contribution is 0.660. The van der Waals surface area contributed by atoms with Crippen LogP contribution in [0.3, 0.4) is 0 Å². The Kier molecular flexibility index (Phi) is 3.45. The molecule has 1 aliphatic rings. The smallest absolute Gasteiger partial charge is 0.0414 e. The first-order chi connectivity index (χ1) is 11.6. The summed E-state index contributed by atoms with van der Waals surface area (Å²) >= 11 is 0. The van der Waals surface area contributed by atoms with Crippen molar-refractivity contribution in [3.63, 3.8) is 0 Å². The minimum atomic E-state index is 0.0536. The lowest BCUT2D eigenvalue weighted by Crippen LogP contribution is -2.18. The molecule has 0 fully saturated rings. The molecular formula is C23H23N. The zero-order valence-electron chi connectivity index (χ0n) is 14.6. The topological polar surface area (TPSA) is 3.24 Å². The molecule has 0 aromatic heterocycles. The molecule has 0 bridgehead atoms. The summed E-state index contributed by atoms with van der Waals surface area (Å²) in [5.74, 6) is 0. The van der Waals surface area contributed by atoms with Crippen molar-refractivity contribution in [2.24, 2.45) is 0 Å². The average Bonchev–Trinajstić information content (AvgIpc) is 2.85. The van der Waals surface area contributed by atoms with Gasteiger partial charge in [-0.25, -0.2) is 0 Å². The molecule has 0 saturated carbocycles. The first-order valence-corrected chi connectivity index (χ1v) is 8.70. The summed E-state index contributed by atoms with van der Waals surface area (Å²) in [5.41, 5.74) is 8.18. The van der Waals surface area contributed by atoms with Gasteiger partial charge in [0.1, 0.15) is 0 Å². The lowest BCUT2D eigenvalue weighted by Gasteiger charge is -2.26. The number of benzene rings is 3. The SMILES string of the molecule is CCN(c1ccccc1)c1ccc2c(c1)C(C)(C)c1ccccc1-2. The van der Waals surface area contributed by atoms with E-state index in [1.54, 1.807) is 0 Å². The fourth-order valence-corrected chi connectivity index (χ4v) is 3.98. The van der Waals surface area contributed by atoms with E-state index < -0.39 is 0 Å². The first-order valence-electron chi connectivity index (χ1n) is 8.70. The lowest BCUT2D eigenvalue weighted by atomic mass is 9.82. The second-order valence-corrected chi connectivity index (χ2v) is 6.98. The van der Waals surface area contributed by atoms with E-state index in [9.17, 15) is 0 Å². The Labute approximate surface area is 144 Å².